The van der Waals surface area contributed by atoms with Crippen LogP contribution >= 0.6 is 0 Å². The van der Waals surface area contributed by atoms with Crippen LogP contribution in [0.3, 0.4) is 0 Å². The van der Waals surface area contributed by atoms with Crippen LogP contribution in [0.25, 0.3) is 0 Å². The number of carboxylic acids is 1. The van der Waals surface area contributed by atoms with Crippen LogP contribution in [0.4, 0.5) is 74.6 Å². The number of hydrogen-bond donors (Lipinski definition) is 1. The molecule has 0 bridgehead atoms. The molecule has 0 saturated carbocycles. The van der Waals surface area contributed by atoms with Crippen molar-refractivity contribution >= 4 is 5.97 Å². The zero-order valence-corrected chi connectivity index (χ0v) is 11.8. The van der Waals surface area contributed by atoms with Crippen LogP contribution in [-0.4, -0.2) is 58.7 Å². The Kier molecular flexibility index (Phi) is 7.03. The second-order valence-electron chi connectivity index (χ2n) is 4.82. The Morgan fingerprint density at radius 1 is 0.448 bits per heavy atom. The summed E-state index contributed by atoms with van der Waals surface area (Å²) in [5, 5.41) is 7.59. The highest BCUT2D eigenvalue weighted by molar-refractivity contribution is 5.77. The molecule has 0 heterocycles. The lowest BCUT2D eigenvalue weighted by Crippen LogP contribution is -2.75. The van der Waals surface area contributed by atoms with E-state index < -0.39 is 53.6 Å². The van der Waals surface area contributed by atoms with E-state index in [1.165, 1.54) is 0 Å². The highest BCUT2D eigenvalue weighted by Gasteiger charge is 2.95. The summed E-state index contributed by atoms with van der Waals surface area (Å²) in [6.07, 6.45) is -7.83. The third-order valence-electron chi connectivity index (χ3n) is 2.99. The minimum absolute atomic E-state index is 0. The molecule has 0 unspecified atom stereocenters. The molecule has 0 aliphatic heterocycles. The van der Waals surface area contributed by atoms with Gasteiger partial charge in [-0.1, -0.05) is 7.43 Å². The summed E-state index contributed by atoms with van der Waals surface area (Å²) >= 11 is 0. The molecule has 0 aliphatic rings. The van der Waals surface area contributed by atoms with E-state index in [0.717, 1.165) is 0 Å². The van der Waals surface area contributed by atoms with E-state index in [0.29, 0.717) is 0 Å². The number of carboxylic acid groups (broad SMARTS) is 1. The minimum atomic E-state index is -8.76. The first-order chi connectivity index (χ1) is 11.7. The van der Waals surface area contributed by atoms with Crippen LogP contribution in [0.2, 0.25) is 0 Å². The highest BCUT2D eigenvalue weighted by atomic mass is 19.4. The van der Waals surface area contributed by atoms with Gasteiger partial charge in [0.15, 0.2) is 0 Å². The summed E-state index contributed by atoms with van der Waals surface area (Å²) in [5.41, 5.74) is 0. The molecule has 1 N–H and O–H groups in total. The van der Waals surface area contributed by atoms with Gasteiger partial charge in [-0.05, 0) is 0 Å². The Morgan fingerprint density at radius 3 is 0.862 bits per heavy atom. The topological polar surface area (TPSA) is 37.3 Å². The largest absolute Gasteiger partial charge is 0.477 e. The van der Waals surface area contributed by atoms with Crippen LogP contribution in [0.5, 0.6) is 0 Å². The van der Waals surface area contributed by atoms with Gasteiger partial charge in [-0.15, -0.1) is 0 Å². The quantitative estimate of drug-likeness (QED) is 0.474. The molecule has 0 aliphatic carbocycles. The molecule has 0 radical (unpaired) electrons. The van der Waals surface area contributed by atoms with Crippen LogP contribution in [0.1, 0.15) is 7.43 Å². The Labute approximate surface area is 147 Å². The first-order valence-corrected chi connectivity index (χ1v) is 5.64. The molecule has 0 spiro atoms. The van der Waals surface area contributed by atoms with Gasteiger partial charge in [-0.3, -0.25) is 0 Å². The van der Waals surface area contributed by atoms with E-state index >= 15 is 0 Å². The zero-order chi connectivity index (χ0) is 23.6. The van der Waals surface area contributed by atoms with Crippen LogP contribution < -0.4 is 0 Å². The van der Waals surface area contributed by atoms with E-state index in [1.54, 1.807) is 0 Å². The molecule has 0 aromatic carbocycles. The molecule has 0 aromatic rings. The van der Waals surface area contributed by atoms with E-state index in [4.69, 9.17) is 5.11 Å². The molecule has 29 heavy (non-hydrogen) atoms. The Bertz CT molecular complexity index is 616. The number of alkyl halides is 17. The lowest BCUT2D eigenvalue weighted by Gasteiger charge is -2.42. The Hall–Kier alpha value is -1.72. The lowest BCUT2D eigenvalue weighted by atomic mass is 9.89. The van der Waals surface area contributed by atoms with Crippen molar-refractivity contribution in [2.45, 2.75) is 55.1 Å². The average molecular weight is 480 g/mol. The van der Waals surface area contributed by atoms with Gasteiger partial charge < -0.3 is 5.11 Å². The molecule has 0 aromatic heterocycles. The predicted molar refractivity (Wildman–Crippen MR) is 55.1 cm³/mol. The van der Waals surface area contributed by atoms with Gasteiger partial charge in [0.05, 0.1) is 0 Å². The van der Waals surface area contributed by atoms with Crippen molar-refractivity contribution in [2.75, 3.05) is 0 Å². The van der Waals surface area contributed by atoms with Crippen molar-refractivity contribution in [3.05, 3.63) is 0 Å². The Morgan fingerprint density at radius 2 is 0.655 bits per heavy atom. The van der Waals surface area contributed by atoms with Crippen molar-refractivity contribution in [1.29, 1.82) is 0 Å². The van der Waals surface area contributed by atoms with E-state index in [-0.39, 0.29) is 7.43 Å². The van der Waals surface area contributed by atoms with E-state index in [9.17, 15) is 79.4 Å². The Balaban J connectivity index is 0. The van der Waals surface area contributed by atoms with Gasteiger partial charge >= 0.3 is 53.6 Å². The predicted octanol–water partition coefficient (Wildman–Crippen LogP) is 5.72. The van der Waals surface area contributed by atoms with Gasteiger partial charge in [0, 0.05) is 0 Å². The second kappa shape index (κ2) is 6.92. The molecule has 0 saturated heterocycles. The maximum absolute atomic E-state index is 13.0. The molecule has 0 amide bonds. The fraction of sp³-hybridized carbons (Fsp3) is 0.900. The summed E-state index contributed by atoms with van der Waals surface area (Å²) in [6.45, 7) is 0. The van der Waals surface area contributed by atoms with Crippen molar-refractivity contribution in [3.8, 4) is 0 Å². The van der Waals surface area contributed by atoms with Crippen molar-refractivity contribution in [3.63, 3.8) is 0 Å². The summed E-state index contributed by atoms with van der Waals surface area (Å²) in [7, 11) is 0. The van der Waals surface area contributed by atoms with Crippen molar-refractivity contribution < 1.29 is 84.5 Å². The summed E-state index contributed by atoms with van der Waals surface area (Å²) in [4.78, 5) is 9.77. The van der Waals surface area contributed by atoms with Crippen LogP contribution in [0, 0.1) is 0 Å². The third kappa shape index (κ3) is 3.42. The molecular formula is C10H5F17O2. The van der Waals surface area contributed by atoms with Crippen LogP contribution in [0.15, 0.2) is 0 Å². The van der Waals surface area contributed by atoms with Crippen LogP contribution in [-0.2, 0) is 4.79 Å². The molecular weight excluding hydrogens is 475 g/mol. The summed E-state index contributed by atoms with van der Waals surface area (Å²) in [5.74, 6) is -62.9. The number of carbonyl (C=O) groups is 1. The number of rotatable bonds is 7. The third-order valence-corrected chi connectivity index (χ3v) is 2.99. The average Bonchev–Trinajstić information content (AvgIpc) is 2.44. The van der Waals surface area contributed by atoms with Gasteiger partial charge in [-0.2, -0.15) is 74.6 Å². The molecule has 2 nitrogen and oxygen atoms in total. The smallest absolute Gasteiger partial charge is 0.460 e. The van der Waals surface area contributed by atoms with Gasteiger partial charge in [0.1, 0.15) is 0 Å². The van der Waals surface area contributed by atoms with Gasteiger partial charge in [0.2, 0.25) is 0 Å². The standard InChI is InChI=1S/C9HF17O2.CH4/c10-2(11,1(27)28)3(12,13)4(14,15)5(16,17)6(18,19)7(20,21)8(22,23)9(24,25)26;/h(H,27,28);1H4. The molecule has 0 atom stereocenters. The van der Waals surface area contributed by atoms with Crippen molar-refractivity contribution in [2.24, 2.45) is 0 Å². The normalized spacial score (nSPS) is 15.8. The summed E-state index contributed by atoms with van der Waals surface area (Å²) < 4.78 is 214. The minimum Gasteiger partial charge on any atom is -0.477 e. The number of hydrogen-bond acceptors (Lipinski definition) is 1. The molecule has 0 fully saturated rings. The number of aliphatic carboxylic acids is 1. The molecule has 176 valence electrons. The first kappa shape index (κ1) is 29.5. The van der Waals surface area contributed by atoms with E-state index in [2.05, 4.69) is 0 Å². The SMILES string of the molecule is C.O=C(O)C(F)(F)C(F)(F)C(F)(F)C(F)(F)C(F)(F)C(F)(F)C(F)(F)C(F)(F)F. The fourth-order valence-electron chi connectivity index (χ4n) is 1.30. The summed E-state index contributed by atoms with van der Waals surface area (Å²) in [6, 6.07) is 0. The highest BCUT2D eigenvalue weighted by Crippen LogP contribution is 2.63. The maximum Gasteiger partial charge on any atom is 0.460 e. The van der Waals surface area contributed by atoms with Gasteiger partial charge in [-0.25, -0.2) is 4.79 Å². The van der Waals surface area contributed by atoms with Crippen molar-refractivity contribution in [1.82, 2.24) is 0 Å². The zero-order valence-electron chi connectivity index (χ0n) is 11.8. The molecule has 0 rings (SSSR count). The number of halogens is 17. The second-order valence-corrected chi connectivity index (χ2v) is 4.82. The van der Waals surface area contributed by atoms with Gasteiger partial charge in [0.25, 0.3) is 0 Å². The maximum atomic E-state index is 13.0. The van der Waals surface area contributed by atoms with E-state index in [1.807, 2.05) is 0 Å². The lowest BCUT2D eigenvalue weighted by molar-refractivity contribution is -0.459. The molecule has 19 heteroatoms. The monoisotopic (exact) mass is 480 g/mol. The fourth-order valence-corrected chi connectivity index (χ4v) is 1.30. The first-order valence-electron chi connectivity index (χ1n) is 5.64.